The summed E-state index contributed by atoms with van der Waals surface area (Å²) in [5.74, 6) is -0.542. The van der Waals surface area contributed by atoms with Crippen molar-refractivity contribution in [2.45, 2.75) is 12.8 Å². The molecule has 0 aromatic rings. The van der Waals surface area contributed by atoms with Gasteiger partial charge < -0.3 is 9.47 Å². The van der Waals surface area contributed by atoms with Gasteiger partial charge in [-0.1, -0.05) is 0 Å². The quantitative estimate of drug-likeness (QED) is 0.321. The van der Waals surface area contributed by atoms with Crippen molar-refractivity contribution in [2.75, 3.05) is 27.3 Å². The number of rotatable bonds is 7. The van der Waals surface area contributed by atoms with E-state index in [1.807, 2.05) is 0 Å². The molecule has 2 N–H and O–H groups in total. The fraction of sp³-hybridized carbons (Fsp3) is 0.750. The van der Waals surface area contributed by atoms with E-state index < -0.39 is 0 Å². The molecule has 0 unspecified atom stereocenters. The second-order valence-corrected chi connectivity index (χ2v) is 2.51. The Morgan fingerprint density at radius 1 is 0.929 bits per heavy atom. The van der Waals surface area contributed by atoms with Crippen LogP contribution in [0.5, 0.6) is 0 Å². The van der Waals surface area contributed by atoms with E-state index in [9.17, 15) is 9.59 Å². The summed E-state index contributed by atoms with van der Waals surface area (Å²) in [5, 5.41) is 0. The topological polar surface area (TPSA) is 76.7 Å². The van der Waals surface area contributed by atoms with Crippen molar-refractivity contribution in [1.29, 1.82) is 0 Å². The minimum atomic E-state index is -0.271. The maximum Gasteiger partial charge on any atom is 0.306 e. The van der Waals surface area contributed by atoms with Gasteiger partial charge in [0.2, 0.25) is 0 Å². The first-order valence-electron chi connectivity index (χ1n) is 4.30. The van der Waals surface area contributed by atoms with Gasteiger partial charge in [-0.05, 0) is 0 Å². The third kappa shape index (κ3) is 7.51. The summed E-state index contributed by atoms with van der Waals surface area (Å²) in [5.41, 5.74) is 5.54. The highest BCUT2D eigenvalue weighted by molar-refractivity contribution is 5.69. The van der Waals surface area contributed by atoms with E-state index >= 15 is 0 Å². The van der Waals surface area contributed by atoms with Gasteiger partial charge >= 0.3 is 11.9 Å². The highest BCUT2D eigenvalue weighted by Crippen LogP contribution is 1.81. The summed E-state index contributed by atoms with van der Waals surface area (Å²) < 4.78 is 8.86. The van der Waals surface area contributed by atoms with Crippen LogP contribution in [0.3, 0.4) is 0 Å². The second-order valence-electron chi connectivity index (χ2n) is 2.51. The largest absolute Gasteiger partial charge is 0.469 e. The van der Waals surface area contributed by atoms with Gasteiger partial charge in [-0.3, -0.25) is 20.4 Å². The minimum Gasteiger partial charge on any atom is -0.469 e. The number of ether oxygens (including phenoxy) is 2. The summed E-state index contributed by atoms with van der Waals surface area (Å²) in [6.45, 7) is 0.932. The highest BCUT2D eigenvalue weighted by atomic mass is 16.5. The zero-order valence-corrected chi connectivity index (χ0v) is 8.46. The molecule has 0 heterocycles. The van der Waals surface area contributed by atoms with Crippen LogP contribution >= 0.6 is 0 Å². The number of carbonyl (C=O) groups is 2. The molecule has 0 spiro atoms. The Kier molecular flexibility index (Phi) is 7.77. The van der Waals surface area contributed by atoms with E-state index in [4.69, 9.17) is 0 Å². The van der Waals surface area contributed by atoms with E-state index in [1.165, 1.54) is 14.2 Å². The van der Waals surface area contributed by atoms with E-state index in [-0.39, 0.29) is 11.9 Å². The lowest BCUT2D eigenvalue weighted by Crippen LogP contribution is -2.35. The van der Waals surface area contributed by atoms with Crippen LogP contribution in [0.2, 0.25) is 0 Å². The molecule has 14 heavy (non-hydrogen) atoms. The van der Waals surface area contributed by atoms with Crippen molar-refractivity contribution in [3.8, 4) is 0 Å². The van der Waals surface area contributed by atoms with Crippen LogP contribution in [-0.4, -0.2) is 39.2 Å². The van der Waals surface area contributed by atoms with Gasteiger partial charge in [0, 0.05) is 13.1 Å². The van der Waals surface area contributed by atoms with Crippen LogP contribution in [0.4, 0.5) is 0 Å². The Balaban J connectivity index is 3.14. The Bertz CT molecular complexity index is 164. The average Bonchev–Trinajstić information content (AvgIpc) is 2.22. The minimum absolute atomic E-state index is 0.271. The lowest BCUT2D eigenvalue weighted by Gasteiger charge is -2.05. The molecule has 0 radical (unpaired) electrons. The highest BCUT2D eigenvalue weighted by Gasteiger charge is 2.00. The summed E-state index contributed by atoms with van der Waals surface area (Å²) in [4.78, 5) is 21.3. The molecule has 0 bridgehead atoms. The molecule has 82 valence electrons. The number of nitrogens with one attached hydrogen (secondary N) is 2. The molecule has 0 aromatic carbocycles. The van der Waals surface area contributed by atoms with Crippen molar-refractivity contribution < 1.29 is 19.1 Å². The molecule has 6 nitrogen and oxygen atoms in total. The van der Waals surface area contributed by atoms with Gasteiger partial charge in [0.05, 0.1) is 27.1 Å². The van der Waals surface area contributed by atoms with Crippen LogP contribution in [0, 0.1) is 0 Å². The molecule has 0 aliphatic heterocycles. The van der Waals surface area contributed by atoms with Gasteiger partial charge in [0.1, 0.15) is 0 Å². The third-order valence-corrected chi connectivity index (χ3v) is 1.49. The first-order valence-corrected chi connectivity index (χ1v) is 4.30. The predicted molar refractivity (Wildman–Crippen MR) is 49.3 cm³/mol. The molecule has 0 rings (SSSR count). The SMILES string of the molecule is COC(=O)CCNNCCC(=O)OC. The van der Waals surface area contributed by atoms with Crippen LogP contribution in [-0.2, 0) is 19.1 Å². The molecule has 0 atom stereocenters. The fourth-order valence-corrected chi connectivity index (χ4v) is 0.710. The zero-order valence-electron chi connectivity index (χ0n) is 8.46. The molecule has 0 saturated heterocycles. The molecular formula is C8H16N2O4. The lowest BCUT2D eigenvalue weighted by atomic mass is 10.4. The number of methoxy groups -OCH3 is 2. The van der Waals surface area contributed by atoms with Crippen LogP contribution in [0.15, 0.2) is 0 Å². The molecule has 0 aliphatic rings. The number of hydrazine groups is 1. The van der Waals surface area contributed by atoms with Crippen molar-refractivity contribution in [3.63, 3.8) is 0 Å². The number of hydrogen-bond acceptors (Lipinski definition) is 6. The Labute approximate surface area is 82.9 Å². The average molecular weight is 204 g/mol. The number of carbonyl (C=O) groups excluding carboxylic acids is 2. The normalized spacial score (nSPS) is 9.57. The molecular weight excluding hydrogens is 188 g/mol. The van der Waals surface area contributed by atoms with E-state index in [0.29, 0.717) is 25.9 Å². The Morgan fingerprint density at radius 2 is 1.29 bits per heavy atom. The molecule has 0 amide bonds. The Hall–Kier alpha value is -1.14. The maximum absolute atomic E-state index is 10.6. The Morgan fingerprint density at radius 3 is 1.57 bits per heavy atom. The molecule has 6 heteroatoms. The monoisotopic (exact) mass is 204 g/mol. The van der Waals surface area contributed by atoms with Crippen molar-refractivity contribution >= 4 is 11.9 Å². The maximum atomic E-state index is 10.6. The van der Waals surface area contributed by atoms with Gasteiger partial charge in [0.25, 0.3) is 0 Å². The smallest absolute Gasteiger partial charge is 0.306 e. The summed E-state index contributed by atoms with van der Waals surface area (Å²) >= 11 is 0. The standard InChI is InChI=1S/C8H16N2O4/c1-13-7(11)3-5-9-10-6-4-8(12)14-2/h9-10H,3-6H2,1-2H3. The summed E-state index contributed by atoms with van der Waals surface area (Å²) in [6.07, 6.45) is 0.587. The second kappa shape index (κ2) is 8.46. The first-order chi connectivity index (χ1) is 6.70. The van der Waals surface area contributed by atoms with E-state index in [0.717, 1.165) is 0 Å². The first kappa shape index (κ1) is 12.9. The van der Waals surface area contributed by atoms with Crippen LogP contribution < -0.4 is 10.9 Å². The van der Waals surface area contributed by atoms with Gasteiger partial charge in [-0.15, -0.1) is 0 Å². The number of hydrogen-bond donors (Lipinski definition) is 2. The van der Waals surface area contributed by atoms with E-state index in [1.54, 1.807) is 0 Å². The van der Waals surface area contributed by atoms with Gasteiger partial charge in [0.15, 0.2) is 0 Å². The lowest BCUT2D eigenvalue weighted by molar-refractivity contribution is -0.141. The molecule has 0 fully saturated rings. The van der Waals surface area contributed by atoms with Crippen LogP contribution in [0.1, 0.15) is 12.8 Å². The summed E-state index contributed by atoms with van der Waals surface area (Å²) in [6, 6.07) is 0. The van der Waals surface area contributed by atoms with Crippen molar-refractivity contribution in [2.24, 2.45) is 0 Å². The van der Waals surface area contributed by atoms with Crippen molar-refractivity contribution in [3.05, 3.63) is 0 Å². The molecule has 0 aliphatic carbocycles. The van der Waals surface area contributed by atoms with Gasteiger partial charge in [-0.25, -0.2) is 0 Å². The summed E-state index contributed by atoms with van der Waals surface area (Å²) in [7, 11) is 2.68. The fourth-order valence-electron chi connectivity index (χ4n) is 0.710. The van der Waals surface area contributed by atoms with Crippen molar-refractivity contribution in [1.82, 2.24) is 10.9 Å². The third-order valence-electron chi connectivity index (χ3n) is 1.49. The molecule has 0 saturated carbocycles. The predicted octanol–water partition coefficient (Wildman–Crippen LogP) is -0.793. The molecule has 0 aromatic heterocycles. The number of esters is 2. The zero-order chi connectivity index (χ0) is 10.8. The van der Waals surface area contributed by atoms with Gasteiger partial charge in [-0.2, -0.15) is 0 Å². The van der Waals surface area contributed by atoms with E-state index in [2.05, 4.69) is 20.3 Å². The van der Waals surface area contributed by atoms with Crippen LogP contribution in [0.25, 0.3) is 0 Å².